The number of rotatable bonds is 5. The number of hydrogen-bond donors (Lipinski definition) is 1. The second-order valence-corrected chi connectivity index (χ2v) is 5.93. The molecule has 0 atom stereocenters. The number of carbonyl (C=O) groups is 2. The van der Waals surface area contributed by atoms with Crippen LogP contribution in [-0.4, -0.2) is 30.3 Å². The summed E-state index contributed by atoms with van der Waals surface area (Å²) in [4.78, 5) is 25.6. The lowest BCUT2D eigenvalue weighted by Gasteiger charge is -2.19. The number of likely N-dealkylation sites (N-methyl/N-ethyl adjacent to an activating group) is 1. The van der Waals surface area contributed by atoms with Crippen molar-refractivity contribution in [3.8, 4) is 0 Å². The molecule has 2 aromatic carbocycles. The Balaban J connectivity index is 1.90. The topological polar surface area (TPSA) is 49.4 Å². The summed E-state index contributed by atoms with van der Waals surface area (Å²) in [5.74, 6) is -0.898. The van der Waals surface area contributed by atoms with Crippen molar-refractivity contribution >= 4 is 11.8 Å². The number of benzene rings is 2. The van der Waals surface area contributed by atoms with Crippen LogP contribution in [0.2, 0.25) is 0 Å². The quantitative estimate of drug-likeness (QED) is 0.884. The number of aryl methyl sites for hydroxylation is 1. The predicted octanol–water partition coefficient (Wildman–Crippen LogP) is 3.40. The van der Waals surface area contributed by atoms with Crippen molar-refractivity contribution in [2.45, 2.75) is 19.6 Å². The lowest BCUT2D eigenvalue weighted by Crippen LogP contribution is -2.37. The molecule has 0 spiro atoms. The number of nitrogens with one attached hydrogen (secondary N) is 1. The van der Waals surface area contributed by atoms with E-state index in [0.29, 0.717) is 6.54 Å². The first kappa shape index (κ1) is 19.5. The van der Waals surface area contributed by atoms with Gasteiger partial charge in [0.05, 0.1) is 12.1 Å². The molecule has 138 valence electrons. The van der Waals surface area contributed by atoms with Crippen molar-refractivity contribution < 1.29 is 22.8 Å². The smallest absolute Gasteiger partial charge is 0.343 e. The lowest BCUT2D eigenvalue weighted by molar-refractivity contribution is -0.137. The minimum absolute atomic E-state index is 0.0624. The van der Waals surface area contributed by atoms with Crippen molar-refractivity contribution in [3.05, 3.63) is 70.8 Å². The van der Waals surface area contributed by atoms with Crippen LogP contribution in [0, 0.1) is 6.92 Å². The zero-order valence-corrected chi connectivity index (χ0v) is 14.4. The van der Waals surface area contributed by atoms with E-state index in [0.717, 1.165) is 35.4 Å². The van der Waals surface area contributed by atoms with Crippen LogP contribution in [-0.2, 0) is 17.5 Å². The van der Waals surface area contributed by atoms with E-state index in [1.54, 1.807) is 7.05 Å². The third kappa shape index (κ3) is 5.08. The molecule has 0 aliphatic carbocycles. The normalized spacial score (nSPS) is 11.1. The van der Waals surface area contributed by atoms with Gasteiger partial charge in [0.25, 0.3) is 5.91 Å². The molecule has 2 aromatic rings. The minimum Gasteiger partial charge on any atom is -0.343 e. The van der Waals surface area contributed by atoms with Gasteiger partial charge in [0.15, 0.2) is 0 Å². The molecule has 0 bridgehead atoms. The van der Waals surface area contributed by atoms with Crippen LogP contribution in [0.4, 0.5) is 13.2 Å². The van der Waals surface area contributed by atoms with E-state index in [1.807, 2.05) is 31.2 Å². The van der Waals surface area contributed by atoms with Gasteiger partial charge in [-0.05, 0) is 42.3 Å². The second-order valence-electron chi connectivity index (χ2n) is 5.93. The van der Waals surface area contributed by atoms with Gasteiger partial charge in [0.1, 0.15) is 0 Å². The van der Waals surface area contributed by atoms with Gasteiger partial charge >= 0.3 is 6.18 Å². The Morgan fingerprint density at radius 2 is 1.65 bits per heavy atom. The van der Waals surface area contributed by atoms with Gasteiger partial charge < -0.3 is 10.2 Å². The number of nitrogens with zero attached hydrogens (tertiary/aromatic N) is 1. The summed E-state index contributed by atoms with van der Waals surface area (Å²) in [6.45, 7) is 2.12. The minimum atomic E-state index is -4.46. The van der Waals surface area contributed by atoms with Gasteiger partial charge in [-0.3, -0.25) is 9.59 Å². The van der Waals surface area contributed by atoms with Crippen LogP contribution in [0.15, 0.2) is 48.5 Å². The van der Waals surface area contributed by atoms with Gasteiger partial charge in [-0.25, -0.2) is 0 Å². The molecule has 0 heterocycles. The maximum Gasteiger partial charge on any atom is 0.416 e. The molecule has 1 N–H and O–H groups in total. The van der Waals surface area contributed by atoms with E-state index in [1.165, 1.54) is 4.90 Å². The van der Waals surface area contributed by atoms with Gasteiger partial charge in [-0.2, -0.15) is 13.2 Å². The van der Waals surface area contributed by atoms with Crippen molar-refractivity contribution in [1.29, 1.82) is 0 Å². The number of hydrogen-bond acceptors (Lipinski definition) is 2. The summed E-state index contributed by atoms with van der Waals surface area (Å²) >= 11 is 0. The molecule has 26 heavy (non-hydrogen) atoms. The van der Waals surface area contributed by atoms with Crippen LogP contribution in [0.3, 0.4) is 0 Å². The average Bonchev–Trinajstić information content (AvgIpc) is 2.60. The Hall–Kier alpha value is -2.83. The van der Waals surface area contributed by atoms with Crippen LogP contribution >= 0.6 is 0 Å². The second kappa shape index (κ2) is 8.03. The Kier molecular flexibility index (Phi) is 6.02. The van der Waals surface area contributed by atoms with Crippen LogP contribution in [0.25, 0.3) is 0 Å². The van der Waals surface area contributed by atoms with Crippen LogP contribution in [0.1, 0.15) is 27.0 Å². The fourth-order valence-corrected chi connectivity index (χ4v) is 2.33. The summed E-state index contributed by atoms with van der Waals surface area (Å²) in [7, 11) is 1.62. The lowest BCUT2D eigenvalue weighted by atomic mass is 10.1. The molecule has 0 radical (unpaired) electrons. The highest BCUT2D eigenvalue weighted by atomic mass is 19.4. The number of amides is 2. The zero-order valence-electron chi connectivity index (χ0n) is 14.4. The average molecular weight is 364 g/mol. The largest absolute Gasteiger partial charge is 0.416 e. The molecule has 2 rings (SSSR count). The monoisotopic (exact) mass is 364 g/mol. The standard InChI is InChI=1S/C19H19F3N2O2/c1-13-5-3-4-6-15(13)12-24(2)17(25)11-23-18(26)14-7-9-16(10-8-14)19(20,21)22/h3-10H,11-12H2,1-2H3,(H,23,26). The molecular weight excluding hydrogens is 345 g/mol. The van der Waals surface area contributed by atoms with Crippen molar-refractivity contribution in [1.82, 2.24) is 10.2 Å². The molecule has 0 unspecified atom stereocenters. The summed E-state index contributed by atoms with van der Waals surface area (Å²) in [6, 6.07) is 11.5. The van der Waals surface area contributed by atoms with Gasteiger partial charge in [0.2, 0.25) is 5.91 Å². The van der Waals surface area contributed by atoms with E-state index < -0.39 is 17.6 Å². The number of alkyl halides is 3. The van der Waals surface area contributed by atoms with E-state index in [2.05, 4.69) is 5.32 Å². The molecule has 4 nitrogen and oxygen atoms in total. The van der Waals surface area contributed by atoms with Crippen LogP contribution < -0.4 is 5.32 Å². The highest BCUT2D eigenvalue weighted by Gasteiger charge is 2.30. The first-order valence-corrected chi connectivity index (χ1v) is 7.92. The Labute approximate surface area is 149 Å². The summed E-state index contributed by atoms with van der Waals surface area (Å²) in [5.41, 5.74) is 1.29. The van der Waals surface area contributed by atoms with Gasteiger partial charge in [-0.15, -0.1) is 0 Å². The third-order valence-corrected chi connectivity index (χ3v) is 3.97. The van der Waals surface area contributed by atoms with Crippen LogP contribution in [0.5, 0.6) is 0 Å². The molecule has 0 saturated carbocycles. The van der Waals surface area contributed by atoms with E-state index in [4.69, 9.17) is 0 Å². The first-order chi connectivity index (χ1) is 12.2. The molecule has 7 heteroatoms. The molecule has 0 saturated heterocycles. The molecule has 0 aliphatic heterocycles. The first-order valence-electron chi connectivity index (χ1n) is 7.92. The van der Waals surface area contributed by atoms with E-state index in [9.17, 15) is 22.8 Å². The SMILES string of the molecule is Cc1ccccc1CN(C)C(=O)CNC(=O)c1ccc(C(F)(F)F)cc1. The van der Waals surface area contributed by atoms with E-state index in [-0.39, 0.29) is 18.0 Å². The Morgan fingerprint density at radius 1 is 1.04 bits per heavy atom. The number of carbonyl (C=O) groups excluding carboxylic acids is 2. The zero-order chi connectivity index (χ0) is 19.3. The highest BCUT2D eigenvalue weighted by molar-refractivity contribution is 5.96. The summed E-state index contributed by atoms with van der Waals surface area (Å²) in [6.07, 6.45) is -4.46. The fraction of sp³-hybridized carbons (Fsp3) is 0.263. The summed E-state index contributed by atoms with van der Waals surface area (Å²) < 4.78 is 37.6. The van der Waals surface area contributed by atoms with Crippen molar-refractivity contribution in [3.63, 3.8) is 0 Å². The fourth-order valence-electron chi connectivity index (χ4n) is 2.33. The van der Waals surface area contributed by atoms with E-state index >= 15 is 0 Å². The third-order valence-electron chi connectivity index (χ3n) is 3.97. The Bertz CT molecular complexity index is 786. The predicted molar refractivity (Wildman–Crippen MR) is 91.4 cm³/mol. The maximum absolute atomic E-state index is 12.5. The van der Waals surface area contributed by atoms with Gasteiger partial charge in [0, 0.05) is 19.2 Å². The Morgan fingerprint density at radius 3 is 2.23 bits per heavy atom. The molecule has 0 aliphatic rings. The number of halogens is 3. The maximum atomic E-state index is 12.5. The van der Waals surface area contributed by atoms with Gasteiger partial charge in [-0.1, -0.05) is 24.3 Å². The molecule has 2 amide bonds. The summed E-state index contributed by atoms with van der Waals surface area (Å²) in [5, 5.41) is 2.43. The molecular formula is C19H19F3N2O2. The molecule has 0 aromatic heterocycles. The van der Waals surface area contributed by atoms with Crippen molar-refractivity contribution in [2.75, 3.05) is 13.6 Å². The van der Waals surface area contributed by atoms with Crippen molar-refractivity contribution in [2.24, 2.45) is 0 Å². The highest BCUT2D eigenvalue weighted by Crippen LogP contribution is 2.29. The molecule has 0 fully saturated rings.